The quantitative estimate of drug-likeness (QED) is 0.884. The van der Waals surface area contributed by atoms with E-state index in [1.807, 2.05) is 0 Å². The standard InChI is InChI=1S/C13H13F3N2O2/c14-13(15,16)8-17-11(20)12(6-7-12)18-10(19)9-4-2-1-3-5-9/h1-5H,6-8H2,(H,17,20)(H,18,19). The van der Waals surface area contributed by atoms with Gasteiger partial charge in [-0.15, -0.1) is 0 Å². The molecule has 0 aromatic heterocycles. The van der Waals surface area contributed by atoms with Gasteiger partial charge in [-0.1, -0.05) is 18.2 Å². The van der Waals surface area contributed by atoms with Crippen LogP contribution in [0.25, 0.3) is 0 Å². The summed E-state index contributed by atoms with van der Waals surface area (Å²) in [6.07, 6.45) is -3.78. The molecule has 4 nitrogen and oxygen atoms in total. The van der Waals surface area contributed by atoms with Crippen LogP contribution >= 0.6 is 0 Å². The maximum Gasteiger partial charge on any atom is 0.405 e. The molecule has 1 saturated carbocycles. The molecule has 0 saturated heterocycles. The third kappa shape index (κ3) is 3.49. The molecule has 2 rings (SSSR count). The summed E-state index contributed by atoms with van der Waals surface area (Å²) in [6, 6.07) is 8.20. The fourth-order valence-electron chi connectivity index (χ4n) is 1.76. The normalized spacial score (nSPS) is 16.4. The summed E-state index contributed by atoms with van der Waals surface area (Å²) in [6.45, 7) is -1.39. The third-order valence-corrected chi connectivity index (χ3v) is 3.02. The summed E-state index contributed by atoms with van der Waals surface area (Å²) in [5.41, 5.74) is -0.833. The van der Waals surface area contributed by atoms with Crippen molar-refractivity contribution in [2.75, 3.05) is 6.54 Å². The van der Waals surface area contributed by atoms with Crippen LogP contribution in [0.4, 0.5) is 13.2 Å². The van der Waals surface area contributed by atoms with Crippen molar-refractivity contribution in [3.8, 4) is 0 Å². The second kappa shape index (κ2) is 5.15. The lowest BCUT2D eigenvalue weighted by atomic mass is 10.1. The van der Waals surface area contributed by atoms with Crippen molar-refractivity contribution < 1.29 is 22.8 Å². The Morgan fingerprint density at radius 3 is 2.25 bits per heavy atom. The Labute approximate surface area is 113 Å². The van der Waals surface area contributed by atoms with E-state index in [9.17, 15) is 22.8 Å². The molecule has 1 aliphatic carbocycles. The lowest BCUT2D eigenvalue weighted by molar-refractivity contribution is -0.140. The Morgan fingerprint density at radius 1 is 1.15 bits per heavy atom. The van der Waals surface area contributed by atoms with Crippen LogP contribution in [0.2, 0.25) is 0 Å². The highest BCUT2D eigenvalue weighted by Crippen LogP contribution is 2.36. The van der Waals surface area contributed by atoms with E-state index in [0.717, 1.165) is 0 Å². The lowest BCUT2D eigenvalue weighted by Gasteiger charge is -2.18. The number of halogens is 3. The highest BCUT2D eigenvalue weighted by atomic mass is 19.4. The zero-order valence-corrected chi connectivity index (χ0v) is 10.5. The van der Waals surface area contributed by atoms with E-state index in [-0.39, 0.29) is 0 Å². The number of hydrogen-bond donors (Lipinski definition) is 2. The molecule has 0 aliphatic heterocycles. The highest BCUT2D eigenvalue weighted by molar-refractivity contribution is 6.00. The van der Waals surface area contributed by atoms with Gasteiger partial charge in [-0.05, 0) is 25.0 Å². The van der Waals surface area contributed by atoms with Crippen LogP contribution in [0.5, 0.6) is 0 Å². The number of amides is 2. The van der Waals surface area contributed by atoms with Crippen LogP contribution < -0.4 is 10.6 Å². The number of carbonyl (C=O) groups is 2. The van der Waals surface area contributed by atoms with E-state index < -0.39 is 30.1 Å². The lowest BCUT2D eigenvalue weighted by Crippen LogP contribution is -2.50. The van der Waals surface area contributed by atoms with E-state index >= 15 is 0 Å². The number of alkyl halides is 3. The minimum absolute atomic E-state index is 0.343. The Morgan fingerprint density at radius 2 is 1.75 bits per heavy atom. The molecule has 0 bridgehead atoms. The molecular formula is C13H13F3N2O2. The molecule has 0 unspecified atom stereocenters. The molecule has 0 radical (unpaired) electrons. The first-order chi connectivity index (χ1) is 9.32. The Balaban J connectivity index is 1.95. The van der Waals surface area contributed by atoms with Crippen LogP contribution in [-0.4, -0.2) is 30.1 Å². The van der Waals surface area contributed by atoms with Gasteiger partial charge in [0.15, 0.2) is 0 Å². The van der Waals surface area contributed by atoms with Crippen molar-refractivity contribution in [2.24, 2.45) is 0 Å². The fourth-order valence-corrected chi connectivity index (χ4v) is 1.76. The first kappa shape index (κ1) is 14.4. The molecule has 20 heavy (non-hydrogen) atoms. The summed E-state index contributed by atoms with van der Waals surface area (Å²) in [7, 11) is 0. The highest BCUT2D eigenvalue weighted by Gasteiger charge is 2.51. The van der Waals surface area contributed by atoms with Gasteiger partial charge in [0.05, 0.1) is 0 Å². The zero-order chi connectivity index (χ0) is 14.8. The number of carbonyl (C=O) groups excluding carboxylic acids is 2. The van der Waals surface area contributed by atoms with Gasteiger partial charge in [0.2, 0.25) is 5.91 Å². The molecule has 108 valence electrons. The number of rotatable bonds is 4. The second-order valence-electron chi connectivity index (χ2n) is 4.70. The average molecular weight is 286 g/mol. The SMILES string of the molecule is O=C(NC1(C(=O)NCC(F)(F)F)CC1)c1ccccc1. The average Bonchev–Trinajstić information content (AvgIpc) is 3.17. The van der Waals surface area contributed by atoms with Gasteiger partial charge in [-0.3, -0.25) is 9.59 Å². The second-order valence-corrected chi connectivity index (χ2v) is 4.70. The van der Waals surface area contributed by atoms with Gasteiger partial charge in [-0.2, -0.15) is 13.2 Å². The van der Waals surface area contributed by atoms with E-state index in [1.54, 1.807) is 35.6 Å². The Hall–Kier alpha value is -2.05. The molecule has 2 N–H and O–H groups in total. The van der Waals surface area contributed by atoms with E-state index in [4.69, 9.17) is 0 Å². The van der Waals surface area contributed by atoms with Gasteiger partial charge >= 0.3 is 6.18 Å². The first-order valence-electron chi connectivity index (χ1n) is 6.05. The fraction of sp³-hybridized carbons (Fsp3) is 0.385. The van der Waals surface area contributed by atoms with Crippen LogP contribution in [0.3, 0.4) is 0 Å². The van der Waals surface area contributed by atoms with Crippen LogP contribution in [-0.2, 0) is 4.79 Å². The minimum Gasteiger partial charge on any atom is -0.345 e. The maximum absolute atomic E-state index is 12.0. The minimum atomic E-state index is -4.46. The summed E-state index contributed by atoms with van der Waals surface area (Å²) >= 11 is 0. The van der Waals surface area contributed by atoms with Crippen molar-refractivity contribution in [3.05, 3.63) is 35.9 Å². The molecule has 7 heteroatoms. The zero-order valence-electron chi connectivity index (χ0n) is 10.5. The number of nitrogens with one attached hydrogen (secondary N) is 2. The van der Waals surface area contributed by atoms with Crippen molar-refractivity contribution in [2.45, 2.75) is 24.6 Å². The largest absolute Gasteiger partial charge is 0.405 e. The number of benzene rings is 1. The monoisotopic (exact) mass is 286 g/mol. The number of hydrogen-bond acceptors (Lipinski definition) is 2. The Bertz CT molecular complexity index is 510. The molecule has 2 amide bonds. The maximum atomic E-state index is 12.0. The molecular weight excluding hydrogens is 273 g/mol. The van der Waals surface area contributed by atoms with Crippen LogP contribution in [0.15, 0.2) is 30.3 Å². The smallest absolute Gasteiger partial charge is 0.345 e. The van der Waals surface area contributed by atoms with Gasteiger partial charge in [-0.25, -0.2) is 0 Å². The predicted molar refractivity (Wildman–Crippen MR) is 64.9 cm³/mol. The molecule has 1 aromatic carbocycles. The predicted octanol–water partition coefficient (Wildman–Crippen LogP) is 1.63. The molecule has 0 spiro atoms. The summed E-state index contributed by atoms with van der Waals surface area (Å²) in [5, 5.41) is 4.30. The summed E-state index contributed by atoms with van der Waals surface area (Å²) in [5.74, 6) is -1.26. The molecule has 0 atom stereocenters. The van der Waals surface area contributed by atoms with Crippen LogP contribution in [0.1, 0.15) is 23.2 Å². The van der Waals surface area contributed by atoms with Crippen LogP contribution in [0, 0.1) is 0 Å². The van der Waals surface area contributed by atoms with Gasteiger partial charge in [0.1, 0.15) is 12.1 Å². The summed E-state index contributed by atoms with van der Waals surface area (Å²) < 4.78 is 36.1. The molecule has 1 aliphatic rings. The first-order valence-corrected chi connectivity index (χ1v) is 6.05. The summed E-state index contributed by atoms with van der Waals surface area (Å²) in [4.78, 5) is 23.6. The van der Waals surface area contributed by atoms with E-state index in [1.165, 1.54) is 0 Å². The molecule has 1 aromatic rings. The Kier molecular flexibility index (Phi) is 3.69. The third-order valence-electron chi connectivity index (χ3n) is 3.02. The molecule has 0 heterocycles. The van der Waals surface area contributed by atoms with Crippen molar-refractivity contribution in [1.82, 2.24) is 10.6 Å². The van der Waals surface area contributed by atoms with E-state index in [2.05, 4.69) is 5.32 Å². The van der Waals surface area contributed by atoms with Crippen molar-refractivity contribution in [1.29, 1.82) is 0 Å². The van der Waals surface area contributed by atoms with Crippen molar-refractivity contribution in [3.63, 3.8) is 0 Å². The van der Waals surface area contributed by atoms with Gasteiger partial charge in [0, 0.05) is 5.56 Å². The van der Waals surface area contributed by atoms with Gasteiger partial charge in [0.25, 0.3) is 5.91 Å². The topological polar surface area (TPSA) is 58.2 Å². The molecule has 1 fully saturated rings. The van der Waals surface area contributed by atoms with E-state index in [0.29, 0.717) is 18.4 Å². The van der Waals surface area contributed by atoms with Crippen molar-refractivity contribution >= 4 is 11.8 Å². The van der Waals surface area contributed by atoms with Gasteiger partial charge < -0.3 is 10.6 Å².